The largest absolute Gasteiger partial charge is 0.457 e. The van der Waals surface area contributed by atoms with Crippen molar-refractivity contribution in [1.29, 1.82) is 0 Å². The lowest BCUT2D eigenvalue weighted by Crippen LogP contribution is -2.44. The van der Waals surface area contributed by atoms with Crippen LogP contribution in [-0.4, -0.2) is 49.6 Å². The number of rotatable bonds is 6. The Kier molecular flexibility index (Phi) is 5.89. The lowest BCUT2D eigenvalue weighted by atomic mass is 10.1. The predicted octanol–water partition coefficient (Wildman–Crippen LogP) is 3.97. The second kappa shape index (κ2) is 8.32. The number of likely N-dealkylation sites (N-methyl/N-ethyl adjacent to an activating group) is 1. The molecular formula is C21H28N2O. The summed E-state index contributed by atoms with van der Waals surface area (Å²) in [6, 6.07) is 16.7. The minimum Gasteiger partial charge on any atom is -0.457 e. The van der Waals surface area contributed by atoms with Gasteiger partial charge >= 0.3 is 0 Å². The topological polar surface area (TPSA) is 15.7 Å². The normalized spacial score (nSPS) is 16.2. The molecule has 1 heterocycles. The van der Waals surface area contributed by atoms with Crippen LogP contribution in [0.1, 0.15) is 17.5 Å². The van der Waals surface area contributed by atoms with E-state index >= 15 is 0 Å². The summed E-state index contributed by atoms with van der Waals surface area (Å²) < 4.78 is 6.10. The monoisotopic (exact) mass is 324 g/mol. The van der Waals surface area contributed by atoms with E-state index in [-0.39, 0.29) is 0 Å². The van der Waals surface area contributed by atoms with Gasteiger partial charge in [-0.2, -0.15) is 0 Å². The molecule has 0 aliphatic carbocycles. The van der Waals surface area contributed by atoms with Crippen LogP contribution in [0.5, 0.6) is 11.5 Å². The summed E-state index contributed by atoms with van der Waals surface area (Å²) in [5.41, 5.74) is 2.55. The van der Waals surface area contributed by atoms with Gasteiger partial charge in [-0.3, -0.25) is 0 Å². The van der Waals surface area contributed by atoms with Crippen LogP contribution < -0.4 is 4.74 Å². The molecule has 1 aliphatic heterocycles. The van der Waals surface area contributed by atoms with E-state index in [0.717, 1.165) is 17.9 Å². The van der Waals surface area contributed by atoms with Crippen molar-refractivity contribution in [1.82, 2.24) is 9.80 Å². The smallest absolute Gasteiger partial charge is 0.130 e. The molecule has 3 rings (SSSR count). The average molecular weight is 324 g/mol. The molecule has 1 aliphatic rings. The Morgan fingerprint density at radius 3 is 2.38 bits per heavy atom. The third-order valence-corrected chi connectivity index (χ3v) is 4.74. The molecule has 1 saturated heterocycles. The van der Waals surface area contributed by atoms with E-state index in [4.69, 9.17) is 4.74 Å². The van der Waals surface area contributed by atoms with Crippen molar-refractivity contribution in [3.05, 3.63) is 59.7 Å². The molecule has 0 atom stereocenters. The zero-order valence-electron chi connectivity index (χ0n) is 14.9. The number of benzene rings is 2. The van der Waals surface area contributed by atoms with Gasteiger partial charge in [0.15, 0.2) is 0 Å². The Balaban J connectivity index is 1.55. The molecule has 3 heteroatoms. The Labute approximate surface area is 145 Å². The maximum absolute atomic E-state index is 6.10. The first-order valence-corrected chi connectivity index (χ1v) is 8.94. The third kappa shape index (κ3) is 4.83. The maximum atomic E-state index is 6.10. The number of aryl methyl sites for hydroxylation is 2. The molecule has 0 N–H and O–H groups in total. The van der Waals surface area contributed by atoms with Gasteiger partial charge in [-0.15, -0.1) is 0 Å². The van der Waals surface area contributed by atoms with Gasteiger partial charge in [0.05, 0.1) is 0 Å². The molecule has 0 spiro atoms. The highest BCUT2D eigenvalue weighted by Gasteiger charge is 2.13. The van der Waals surface area contributed by atoms with Gasteiger partial charge in [0.2, 0.25) is 0 Å². The van der Waals surface area contributed by atoms with E-state index in [1.165, 1.54) is 50.3 Å². The van der Waals surface area contributed by atoms with Gasteiger partial charge in [-0.25, -0.2) is 0 Å². The van der Waals surface area contributed by atoms with E-state index < -0.39 is 0 Å². The summed E-state index contributed by atoms with van der Waals surface area (Å²) in [5, 5.41) is 0. The van der Waals surface area contributed by atoms with Gasteiger partial charge in [0.25, 0.3) is 0 Å². The lowest BCUT2D eigenvalue weighted by Gasteiger charge is -2.32. The molecule has 3 nitrogen and oxygen atoms in total. The third-order valence-electron chi connectivity index (χ3n) is 4.74. The summed E-state index contributed by atoms with van der Waals surface area (Å²) >= 11 is 0. The molecule has 0 amide bonds. The highest BCUT2D eigenvalue weighted by molar-refractivity contribution is 5.38. The van der Waals surface area contributed by atoms with E-state index in [1.54, 1.807) is 0 Å². The van der Waals surface area contributed by atoms with Crippen LogP contribution in [0.25, 0.3) is 0 Å². The Morgan fingerprint density at radius 2 is 1.62 bits per heavy atom. The van der Waals surface area contributed by atoms with Crippen molar-refractivity contribution in [2.45, 2.75) is 19.8 Å². The fourth-order valence-electron chi connectivity index (χ4n) is 3.11. The standard InChI is InChI=1S/C21H28N2O/c1-18-9-11-20(12-10-18)24-21-8-4-3-6-19(21)7-5-13-23-16-14-22(2)15-17-23/h3-4,6,8-12H,5,7,13-17H2,1-2H3. The number of piperazine rings is 1. The summed E-state index contributed by atoms with van der Waals surface area (Å²) in [6.45, 7) is 8.03. The first kappa shape index (κ1) is 17.0. The molecule has 128 valence electrons. The van der Waals surface area contributed by atoms with Gasteiger partial charge < -0.3 is 14.5 Å². The molecule has 24 heavy (non-hydrogen) atoms. The first-order chi connectivity index (χ1) is 11.7. The molecule has 2 aromatic rings. The summed E-state index contributed by atoms with van der Waals surface area (Å²) in [5.74, 6) is 1.90. The Morgan fingerprint density at radius 1 is 0.917 bits per heavy atom. The number of ether oxygens (including phenoxy) is 1. The zero-order valence-corrected chi connectivity index (χ0v) is 14.9. The van der Waals surface area contributed by atoms with Crippen LogP contribution in [0, 0.1) is 6.92 Å². The van der Waals surface area contributed by atoms with Crippen molar-refractivity contribution >= 4 is 0 Å². The van der Waals surface area contributed by atoms with Crippen LogP contribution in [0.15, 0.2) is 48.5 Å². The highest BCUT2D eigenvalue weighted by Crippen LogP contribution is 2.26. The van der Waals surface area contributed by atoms with Crippen LogP contribution in [0.2, 0.25) is 0 Å². The molecule has 2 aromatic carbocycles. The summed E-state index contributed by atoms with van der Waals surface area (Å²) in [6.07, 6.45) is 2.24. The zero-order chi connectivity index (χ0) is 16.8. The number of hydrogen-bond acceptors (Lipinski definition) is 3. The van der Waals surface area contributed by atoms with E-state index in [0.29, 0.717) is 0 Å². The van der Waals surface area contributed by atoms with Crippen molar-refractivity contribution < 1.29 is 4.74 Å². The molecule has 0 unspecified atom stereocenters. The minimum absolute atomic E-state index is 0.909. The highest BCUT2D eigenvalue weighted by atomic mass is 16.5. The molecular weight excluding hydrogens is 296 g/mol. The summed E-state index contributed by atoms with van der Waals surface area (Å²) in [7, 11) is 2.20. The fraction of sp³-hybridized carbons (Fsp3) is 0.429. The summed E-state index contributed by atoms with van der Waals surface area (Å²) in [4.78, 5) is 4.98. The van der Waals surface area contributed by atoms with Crippen LogP contribution in [0.4, 0.5) is 0 Å². The van der Waals surface area contributed by atoms with E-state index in [9.17, 15) is 0 Å². The van der Waals surface area contributed by atoms with Crippen molar-refractivity contribution in [2.75, 3.05) is 39.8 Å². The van der Waals surface area contributed by atoms with Crippen LogP contribution >= 0.6 is 0 Å². The second-order valence-corrected chi connectivity index (χ2v) is 6.77. The number of nitrogens with zero attached hydrogens (tertiary/aromatic N) is 2. The maximum Gasteiger partial charge on any atom is 0.130 e. The molecule has 0 aromatic heterocycles. The van der Waals surface area contributed by atoms with Gasteiger partial charge in [-0.05, 0) is 57.1 Å². The first-order valence-electron chi connectivity index (χ1n) is 8.94. The molecule has 0 radical (unpaired) electrons. The van der Waals surface area contributed by atoms with E-state index in [1.807, 2.05) is 18.2 Å². The van der Waals surface area contributed by atoms with Crippen molar-refractivity contribution in [3.8, 4) is 11.5 Å². The molecule has 0 bridgehead atoms. The number of hydrogen-bond donors (Lipinski definition) is 0. The predicted molar refractivity (Wildman–Crippen MR) is 100.0 cm³/mol. The average Bonchev–Trinajstić information content (AvgIpc) is 2.60. The SMILES string of the molecule is Cc1ccc(Oc2ccccc2CCCN2CCN(C)CC2)cc1. The molecule has 1 fully saturated rings. The van der Waals surface area contributed by atoms with Gasteiger partial charge in [0.1, 0.15) is 11.5 Å². The van der Waals surface area contributed by atoms with Crippen LogP contribution in [-0.2, 0) is 6.42 Å². The van der Waals surface area contributed by atoms with E-state index in [2.05, 4.69) is 54.1 Å². The lowest BCUT2D eigenvalue weighted by molar-refractivity contribution is 0.153. The van der Waals surface area contributed by atoms with Crippen molar-refractivity contribution in [2.24, 2.45) is 0 Å². The van der Waals surface area contributed by atoms with Gasteiger partial charge in [0, 0.05) is 26.2 Å². The van der Waals surface area contributed by atoms with Crippen LogP contribution in [0.3, 0.4) is 0 Å². The Bertz CT molecular complexity index is 631. The molecule has 0 saturated carbocycles. The Hall–Kier alpha value is -1.84. The minimum atomic E-state index is 0.909. The number of para-hydroxylation sites is 1. The quantitative estimate of drug-likeness (QED) is 0.800. The van der Waals surface area contributed by atoms with Crippen molar-refractivity contribution in [3.63, 3.8) is 0 Å². The second-order valence-electron chi connectivity index (χ2n) is 6.77. The fourth-order valence-corrected chi connectivity index (χ4v) is 3.11. The van der Waals surface area contributed by atoms with Gasteiger partial charge in [-0.1, -0.05) is 35.9 Å².